The molecule has 0 bridgehead atoms. The molecule has 1 aromatic carbocycles. The lowest BCUT2D eigenvalue weighted by molar-refractivity contribution is -0.137. The van der Waals surface area contributed by atoms with Crippen LogP contribution < -0.4 is 0 Å². The Bertz CT molecular complexity index is 1140. The molecule has 33 heavy (non-hydrogen) atoms. The molecule has 11 heteroatoms. The molecule has 4 rings (SSSR count). The standard InChI is InChI=1S/C22H23F3N6O2/c1-15(21-27-20(28-33-21)17-4-3-5-18(12-17)22(23,24)25)30-8-10-31(11-9-30)19(32)7-6-16-13-26-29(2)14-16/h3-7,12-15H,8-11H2,1-2H3/b7-6+. The number of carbonyl (C=O) groups is 1. The second-order valence-electron chi connectivity index (χ2n) is 7.85. The summed E-state index contributed by atoms with van der Waals surface area (Å²) in [5.74, 6) is 0.353. The van der Waals surface area contributed by atoms with Crippen molar-refractivity contribution in [1.82, 2.24) is 29.7 Å². The van der Waals surface area contributed by atoms with Crippen molar-refractivity contribution in [2.45, 2.75) is 19.1 Å². The predicted molar refractivity (Wildman–Crippen MR) is 114 cm³/mol. The van der Waals surface area contributed by atoms with Gasteiger partial charge >= 0.3 is 6.18 Å². The van der Waals surface area contributed by atoms with Crippen molar-refractivity contribution in [2.24, 2.45) is 7.05 Å². The predicted octanol–water partition coefficient (Wildman–Crippen LogP) is 3.41. The monoisotopic (exact) mass is 460 g/mol. The maximum atomic E-state index is 13.0. The van der Waals surface area contributed by atoms with Crippen molar-refractivity contribution in [3.8, 4) is 11.4 Å². The molecule has 1 saturated heterocycles. The van der Waals surface area contributed by atoms with Gasteiger partial charge in [-0.15, -0.1) is 0 Å². The minimum Gasteiger partial charge on any atom is -0.337 e. The number of alkyl halides is 3. The molecular weight excluding hydrogens is 437 g/mol. The van der Waals surface area contributed by atoms with E-state index in [9.17, 15) is 18.0 Å². The average Bonchev–Trinajstić information content (AvgIpc) is 3.46. The second kappa shape index (κ2) is 9.18. The Balaban J connectivity index is 1.36. The number of benzene rings is 1. The first-order valence-corrected chi connectivity index (χ1v) is 10.4. The molecule has 3 heterocycles. The smallest absolute Gasteiger partial charge is 0.337 e. The van der Waals surface area contributed by atoms with E-state index in [1.165, 1.54) is 18.2 Å². The van der Waals surface area contributed by atoms with Crippen LogP contribution in [0, 0.1) is 0 Å². The molecule has 1 aliphatic heterocycles. The van der Waals surface area contributed by atoms with Gasteiger partial charge in [0.15, 0.2) is 0 Å². The molecule has 0 radical (unpaired) electrons. The topological polar surface area (TPSA) is 80.3 Å². The van der Waals surface area contributed by atoms with E-state index in [2.05, 4.69) is 20.1 Å². The minimum absolute atomic E-state index is 0.0734. The molecule has 1 amide bonds. The van der Waals surface area contributed by atoms with Crippen molar-refractivity contribution in [3.05, 3.63) is 59.8 Å². The van der Waals surface area contributed by atoms with Crippen molar-refractivity contribution in [2.75, 3.05) is 26.2 Å². The molecule has 1 unspecified atom stereocenters. The van der Waals surface area contributed by atoms with Crippen molar-refractivity contribution >= 4 is 12.0 Å². The highest BCUT2D eigenvalue weighted by atomic mass is 19.4. The van der Waals surface area contributed by atoms with Crippen LogP contribution in [0.3, 0.4) is 0 Å². The highest BCUT2D eigenvalue weighted by Gasteiger charge is 2.31. The van der Waals surface area contributed by atoms with E-state index >= 15 is 0 Å². The number of carbonyl (C=O) groups excluding carboxylic acids is 1. The molecule has 2 aromatic heterocycles. The Hall–Kier alpha value is -3.47. The van der Waals surface area contributed by atoms with Crippen LogP contribution in [0.4, 0.5) is 13.2 Å². The first-order valence-electron chi connectivity index (χ1n) is 10.4. The number of nitrogens with zero attached hydrogens (tertiary/aromatic N) is 6. The number of rotatable bonds is 5. The first-order chi connectivity index (χ1) is 15.7. The SMILES string of the molecule is CC(c1nc(-c2cccc(C(F)(F)F)c2)no1)N1CCN(C(=O)/C=C/c2cnn(C)c2)CC1. The molecule has 8 nitrogen and oxygen atoms in total. The van der Waals surface area contributed by atoms with Gasteiger partial charge < -0.3 is 9.42 Å². The molecule has 0 N–H and O–H groups in total. The Labute approximate surface area is 188 Å². The van der Waals surface area contributed by atoms with Crippen LogP contribution in [0.15, 0.2) is 47.3 Å². The molecule has 1 atom stereocenters. The highest BCUT2D eigenvalue weighted by Crippen LogP contribution is 2.32. The maximum absolute atomic E-state index is 13.0. The normalized spacial score (nSPS) is 16.5. The van der Waals surface area contributed by atoms with E-state index in [0.29, 0.717) is 32.1 Å². The van der Waals surface area contributed by atoms with E-state index in [-0.39, 0.29) is 23.3 Å². The zero-order valence-electron chi connectivity index (χ0n) is 18.2. The Morgan fingerprint density at radius 1 is 1.21 bits per heavy atom. The Morgan fingerprint density at radius 2 is 1.97 bits per heavy atom. The number of hydrogen-bond donors (Lipinski definition) is 0. The molecule has 3 aromatic rings. The summed E-state index contributed by atoms with van der Waals surface area (Å²) in [7, 11) is 1.81. The third kappa shape index (κ3) is 5.30. The maximum Gasteiger partial charge on any atom is 0.416 e. The lowest BCUT2D eigenvalue weighted by atomic mass is 10.1. The largest absolute Gasteiger partial charge is 0.416 e. The molecule has 1 aliphatic rings. The van der Waals surface area contributed by atoms with Crippen LogP contribution in [0.5, 0.6) is 0 Å². The van der Waals surface area contributed by atoms with Gasteiger partial charge in [0.25, 0.3) is 0 Å². The van der Waals surface area contributed by atoms with E-state index in [1.807, 2.05) is 20.2 Å². The number of aromatic nitrogens is 4. The molecule has 174 valence electrons. The lowest BCUT2D eigenvalue weighted by Gasteiger charge is -2.36. The fourth-order valence-corrected chi connectivity index (χ4v) is 3.64. The van der Waals surface area contributed by atoms with Gasteiger partial charge in [0.2, 0.25) is 17.6 Å². The summed E-state index contributed by atoms with van der Waals surface area (Å²) < 4.78 is 45.9. The van der Waals surface area contributed by atoms with Gasteiger partial charge in [-0.25, -0.2) is 0 Å². The molecule has 0 aliphatic carbocycles. The first kappa shape index (κ1) is 22.7. The van der Waals surface area contributed by atoms with E-state index in [4.69, 9.17) is 4.52 Å². The van der Waals surface area contributed by atoms with Gasteiger partial charge in [-0.3, -0.25) is 14.4 Å². The van der Waals surface area contributed by atoms with Gasteiger partial charge in [-0.1, -0.05) is 17.3 Å². The minimum atomic E-state index is -4.44. The fraction of sp³-hybridized carbons (Fsp3) is 0.364. The van der Waals surface area contributed by atoms with Crippen LogP contribution in [0.2, 0.25) is 0 Å². The van der Waals surface area contributed by atoms with E-state index in [1.54, 1.807) is 21.9 Å². The molecule has 0 saturated carbocycles. The number of amides is 1. The molecule has 1 fully saturated rings. The van der Waals surface area contributed by atoms with E-state index in [0.717, 1.165) is 17.7 Å². The third-order valence-electron chi connectivity index (χ3n) is 5.56. The Morgan fingerprint density at radius 3 is 2.64 bits per heavy atom. The van der Waals surface area contributed by atoms with Crippen LogP contribution in [-0.4, -0.2) is 61.8 Å². The van der Waals surface area contributed by atoms with Gasteiger partial charge in [-0.2, -0.15) is 23.3 Å². The van der Waals surface area contributed by atoms with Gasteiger partial charge in [0.1, 0.15) is 0 Å². The highest BCUT2D eigenvalue weighted by molar-refractivity contribution is 5.91. The van der Waals surface area contributed by atoms with Gasteiger partial charge in [0, 0.05) is 56.6 Å². The Kier molecular flexibility index (Phi) is 6.32. The van der Waals surface area contributed by atoms with Crippen LogP contribution in [0.25, 0.3) is 17.5 Å². The van der Waals surface area contributed by atoms with Gasteiger partial charge in [0.05, 0.1) is 17.8 Å². The fourth-order valence-electron chi connectivity index (χ4n) is 3.64. The van der Waals surface area contributed by atoms with E-state index < -0.39 is 11.7 Å². The quantitative estimate of drug-likeness (QED) is 0.543. The number of halogens is 3. The van der Waals surface area contributed by atoms with Gasteiger partial charge in [-0.05, 0) is 25.1 Å². The second-order valence-corrected chi connectivity index (χ2v) is 7.85. The van der Waals surface area contributed by atoms with Crippen LogP contribution in [0.1, 0.15) is 30.0 Å². The molecular formula is C22H23F3N6O2. The zero-order chi connectivity index (χ0) is 23.6. The number of hydrogen-bond acceptors (Lipinski definition) is 6. The van der Waals surface area contributed by atoms with Crippen molar-refractivity contribution < 1.29 is 22.5 Å². The van der Waals surface area contributed by atoms with Crippen molar-refractivity contribution in [3.63, 3.8) is 0 Å². The summed E-state index contributed by atoms with van der Waals surface area (Å²) in [6, 6.07) is 4.59. The molecule has 0 spiro atoms. The lowest BCUT2D eigenvalue weighted by Crippen LogP contribution is -2.48. The summed E-state index contributed by atoms with van der Waals surface area (Å²) in [4.78, 5) is 20.6. The summed E-state index contributed by atoms with van der Waals surface area (Å²) in [6.45, 7) is 4.18. The third-order valence-corrected chi connectivity index (χ3v) is 5.56. The summed E-state index contributed by atoms with van der Waals surface area (Å²) >= 11 is 0. The zero-order valence-corrected chi connectivity index (χ0v) is 18.2. The average molecular weight is 460 g/mol. The number of aryl methyl sites for hydroxylation is 1. The number of piperazine rings is 1. The summed E-state index contributed by atoms with van der Waals surface area (Å²) in [6.07, 6.45) is 2.33. The van der Waals surface area contributed by atoms with Crippen molar-refractivity contribution in [1.29, 1.82) is 0 Å². The summed E-state index contributed by atoms with van der Waals surface area (Å²) in [5.41, 5.74) is 0.326. The summed E-state index contributed by atoms with van der Waals surface area (Å²) in [5, 5.41) is 7.93. The van der Waals surface area contributed by atoms with Crippen LogP contribution in [-0.2, 0) is 18.0 Å². The van der Waals surface area contributed by atoms with Crippen LogP contribution >= 0.6 is 0 Å².